The van der Waals surface area contributed by atoms with Crippen LogP contribution in [0.25, 0.3) is 0 Å². The van der Waals surface area contributed by atoms with Crippen molar-refractivity contribution in [3.05, 3.63) is 102 Å². The molecule has 3 aromatic rings. The lowest BCUT2D eigenvalue weighted by Crippen LogP contribution is -2.53. The maximum Gasteiger partial charge on any atom is 0.260 e. The molecule has 3 aromatic carbocycles. The summed E-state index contributed by atoms with van der Waals surface area (Å²) in [6.07, 6.45) is 3.02. The largest absolute Gasteiger partial charge is 0.484 e. The monoisotopic (exact) mass is 456 g/mol. The number of carbonyl (C=O) groups excluding carboxylic acids is 2. The van der Waals surface area contributed by atoms with Gasteiger partial charge in [0.25, 0.3) is 5.91 Å². The highest BCUT2D eigenvalue weighted by atomic mass is 16.5. The van der Waals surface area contributed by atoms with E-state index in [0.717, 1.165) is 18.4 Å². The topological polar surface area (TPSA) is 58.6 Å². The zero-order valence-corrected chi connectivity index (χ0v) is 19.5. The molecule has 0 bridgehead atoms. The highest BCUT2D eigenvalue weighted by Gasteiger charge is 2.43. The third-order valence-electron chi connectivity index (χ3n) is 6.61. The van der Waals surface area contributed by atoms with Gasteiger partial charge in [-0.3, -0.25) is 9.59 Å². The van der Waals surface area contributed by atoms with Gasteiger partial charge in [-0.15, -0.1) is 0 Å². The van der Waals surface area contributed by atoms with E-state index in [9.17, 15) is 9.59 Å². The Morgan fingerprint density at radius 2 is 1.41 bits per heavy atom. The van der Waals surface area contributed by atoms with Crippen LogP contribution in [0.15, 0.2) is 91.0 Å². The van der Waals surface area contributed by atoms with Crippen LogP contribution >= 0.6 is 0 Å². The minimum Gasteiger partial charge on any atom is -0.484 e. The van der Waals surface area contributed by atoms with Crippen LogP contribution in [0.1, 0.15) is 30.4 Å². The van der Waals surface area contributed by atoms with Crippen LogP contribution in [-0.4, -0.2) is 43.0 Å². The molecule has 5 nitrogen and oxygen atoms in total. The molecule has 176 valence electrons. The summed E-state index contributed by atoms with van der Waals surface area (Å²) in [4.78, 5) is 28.0. The maximum absolute atomic E-state index is 13.5. The van der Waals surface area contributed by atoms with Crippen molar-refractivity contribution in [2.24, 2.45) is 0 Å². The predicted octanol–water partition coefficient (Wildman–Crippen LogP) is 4.37. The maximum atomic E-state index is 13.5. The molecular formula is C29H32N2O3. The molecule has 5 heteroatoms. The zero-order valence-electron chi connectivity index (χ0n) is 19.5. The van der Waals surface area contributed by atoms with Gasteiger partial charge in [0.05, 0.1) is 5.41 Å². The van der Waals surface area contributed by atoms with Gasteiger partial charge < -0.3 is 15.0 Å². The smallest absolute Gasteiger partial charge is 0.260 e. The van der Waals surface area contributed by atoms with Crippen LogP contribution < -0.4 is 10.1 Å². The summed E-state index contributed by atoms with van der Waals surface area (Å²) in [5, 5.41) is 3.19. The number of likely N-dealkylation sites (tertiary alicyclic amines) is 1. The normalized spacial score (nSPS) is 14.9. The van der Waals surface area contributed by atoms with Gasteiger partial charge in [-0.25, -0.2) is 0 Å². The molecule has 0 atom stereocenters. The van der Waals surface area contributed by atoms with Crippen LogP contribution in [0.5, 0.6) is 5.75 Å². The average molecular weight is 457 g/mol. The van der Waals surface area contributed by atoms with E-state index >= 15 is 0 Å². The molecule has 1 aliphatic rings. The minimum atomic E-state index is -0.620. The number of rotatable bonds is 9. The highest BCUT2D eigenvalue weighted by molar-refractivity contribution is 5.89. The number of hydrogen-bond donors (Lipinski definition) is 1. The Labute approximate surface area is 201 Å². The Kier molecular flexibility index (Phi) is 7.97. The number of amides is 2. The number of piperidine rings is 1. The average Bonchev–Trinajstić information content (AvgIpc) is 2.91. The number of para-hydroxylation sites is 1. The second kappa shape index (κ2) is 11.5. The summed E-state index contributed by atoms with van der Waals surface area (Å²) in [7, 11) is 0. The number of nitrogens with zero attached hydrogens (tertiary/aromatic N) is 1. The lowest BCUT2D eigenvalue weighted by atomic mass is 9.72. The van der Waals surface area contributed by atoms with Crippen LogP contribution in [0.3, 0.4) is 0 Å². The first-order valence-corrected chi connectivity index (χ1v) is 12.0. The van der Waals surface area contributed by atoms with Gasteiger partial charge in [-0.05, 0) is 48.9 Å². The van der Waals surface area contributed by atoms with Crippen LogP contribution in [-0.2, 0) is 21.4 Å². The second-order valence-corrected chi connectivity index (χ2v) is 8.78. The van der Waals surface area contributed by atoms with Crippen molar-refractivity contribution in [1.29, 1.82) is 0 Å². The Morgan fingerprint density at radius 1 is 0.824 bits per heavy atom. The Morgan fingerprint density at radius 3 is 2.06 bits per heavy atom. The molecule has 0 aliphatic carbocycles. The van der Waals surface area contributed by atoms with E-state index in [1.807, 2.05) is 83.8 Å². The summed E-state index contributed by atoms with van der Waals surface area (Å²) < 4.78 is 5.64. The molecular weight excluding hydrogens is 424 g/mol. The number of nitrogens with one attached hydrogen (secondary N) is 1. The molecule has 1 saturated heterocycles. The van der Waals surface area contributed by atoms with Crippen molar-refractivity contribution in [2.45, 2.75) is 31.1 Å². The number of aryl methyl sites for hydroxylation is 1. The van der Waals surface area contributed by atoms with E-state index in [1.54, 1.807) is 0 Å². The molecule has 1 fully saturated rings. The fourth-order valence-corrected chi connectivity index (χ4v) is 4.60. The molecule has 0 aromatic heterocycles. The Hall–Kier alpha value is -3.60. The van der Waals surface area contributed by atoms with Crippen LogP contribution in [0, 0.1) is 0 Å². The Bertz CT molecular complexity index is 1050. The van der Waals surface area contributed by atoms with Gasteiger partial charge >= 0.3 is 0 Å². The molecule has 1 heterocycles. The summed E-state index contributed by atoms with van der Waals surface area (Å²) in [5.41, 5.74) is 1.67. The first-order chi connectivity index (χ1) is 16.7. The molecule has 34 heavy (non-hydrogen) atoms. The Balaban J connectivity index is 1.35. The van der Waals surface area contributed by atoms with Gasteiger partial charge in [0, 0.05) is 19.6 Å². The molecule has 0 radical (unpaired) electrons. The first-order valence-electron chi connectivity index (χ1n) is 12.0. The van der Waals surface area contributed by atoms with Crippen molar-refractivity contribution in [1.82, 2.24) is 10.2 Å². The standard InChI is InChI=1S/C29H32N2O3/c32-27(23-34-26-16-8-3-9-17-26)31-21-18-29(19-22-31,25-14-6-2-7-15-25)28(33)30-20-10-13-24-11-4-1-5-12-24/h1-9,11-12,14-17H,10,13,18-23H2,(H,30,33). The van der Waals surface area contributed by atoms with Gasteiger partial charge in [0.1, 0.15) is 5.75 Å². The summed E-state index contributed by atoms with van der Waals surface area (Å²) in [6.45, 7) is 1.70. The number of ether oxygens (including phenoxy) is 1. The number of carbonyl (C=O) groups is 2. The zero-order chi connectivity index (χ0) is 23.6. The molecule has 0 saturated carbocycles. The first kappa shape index (κ1) is 23.6. The van der Waals surface area contributed by atoms with Crippen molar-refractivity contribution in [3.63, 3.8) is 0 Å². The third kappa shape index (κ3) is 5.84. The van der Waals surface area contributed by atoms with E-state index in [2.05, 4.69) is 17.4 Å². The minimum absolute atomic E-state index is 0.00797. The fourth-order valence-electron chi connectivity index (χ4n) is 4.60. The molecule has 0 spiro atoms. The van der Waals surface area contributed by atoms with Gasteiger partial charge in [-0.1, -0.05) is 78.9 Å². The molecule has 1 N–H and O–H groups in total. The number of hydrogen-bond acceptors (Lipinski definition) is 3. The predicted molar refractivity (Wildman–Crippen MR) is 134 cm³/mol. The van der Waals surface area contributed by atoms with E-state index in [4.69, 9.17) is 4.74 Å². The molecule has 1 aliphatic heterocycles. The molecule has 4 rings (SSSR count). The second-order valence-electron chi connectivity index (χ2n) is 8.78. The van der Waals surface area contributed by atoms with Gasteiger partial charge in [0.2, 0.25) is 5.91 Å². The van der Waals surface area contributed by atoms with E-state index in [1.165, 1.54) is 5.56 Å². The van der Waals surface area contributed by atoms with Crippen molar-refractivity contribution in [2.75, 3.05) is 26.2 Å². The van der Waals surface area contributed by atoms with E-state index in [0.29, 0.717) is 38.2 Å². The van der Waals surface area contributed by atoms with Crippen molar-refractivity contribution >= 4 is 11.8 Å². The fraction of sp³-hybridized carbons (Fsp3) is 0.310. The van der Waals surface area contributed by atoms with Crippen LogP contribution in [0.2, 0.25) is 0 Å². The summed E-state index contributed by atoms with van der Waals surface area (Å²) in [5.74, 6) is 0.689. The van der Waals surface area contributed by atoms with E-state index < -0.39 is 5.41 Å². The van der Waals surface area contributed by atoms with Gasteiger partial charge in [-0.2, -0.15) is 0 Å². The van der Waals surface area contributed by atoms with E-state index in [-0.39, 0.29) is 18.4 Å². The third-order valence-corrected chi connectivity index (χ3v) is 6.61. The quantitative estimate of drug-likeness (QED) is 0.487. The van der Waals surface area contributed by atoms with Gasteiger partial charge in [0.15, 0.2) is 6.61 Å². The van der Waals surface area contributed by atoms with Crippen molar-refractivity contribution in [3.8, 4) is 5.75 Å². The summed E-state index contributed by atoms with van der Waals surface area (Å²) in [6, 6.07) is 29.6. The summed E-state index contributed by atoms with van der Waals surface area (Å²) >= 11 is 0. The molecule has 0 unspecified atom stereocenters. The lowest BCUT2D eigenvalue weighted by molar-refractivity contribution is -0.138. The van der Waals surface area contributed by atoms with Crippen LogP contribution in [0.4, 0.5) is 0 Å². The molecule has 2 amide bonds. The lowest BCUT2D eigenvalue weighted by Gasteiger charge is -2.41. The SMILES string of the molecule is O=C(COc1ccccc1)N1CCC(C(=O)NCCCc2ccccc2)(c2ccccc2)CC1. The highest BCUT2D eigenvalue weighted by Crippen LogP contribution is 2.36. The number of benzene rings is 3. The van der Waals surface area contributed by atoms with Crippen molar-refractivity contribution < 1.29 is 14.3 Å².